The average molecular weight is 347 g/mol. The molecule has 0 amide bonds. The minimum Gasteiger partial charge on any atom is -0.324 e. The van der Waals surface area contributed by atoms with Gasteiger partial charge in [0.2, 0.25) is 5.95 Å². The number of benzene rings is 2. The quantitative estimate of drug-likeness (QED) is 0.753. The summed E-state index contributed by atoms with van der Waals surface area (Å²) < 4.78 is 13.2. The van der Waals surface area contributed by atoms with E-state index < -0.39 is 0 Å². The number of fused-ring (bicyclic) bond motifs is 1. The van der Waals surface area contributed by atoms with Crippen LogP contribution in [0.15, 0.2) is 54.7 Å². The molecule has 1 heterocycles. The van der Waals surface area contributed by atoms with Crippen molar-refractivity contribution < 1.29 is 9.18 Å². The van der Waals surface area contributed by atoms with Crippen LogP contribution in [-0.2, 0) is 6.42 Å². The van der Waals surface area contributed by atoms with Crippen LogP contribution in [0, 0.1) is 12.7 Å². The number of hydrogen-bond acceptors (Lipinski definition) is 4. The molecular formula is C21H18FN3O. The normalized spacial score (nSPS) is 16.2. The summed E-state index contributed by atoms with van der Waals surface area (Å²) in [7, 11) is 0. The zero-order chi connectivity index (χ0) is 18.1. The van der Waals surface area contributed by atoms with Gasteiger partial charge in [-0.25, -0.2) is 14.4 Å². The van der Waals surface area contributed by atoms with Crippen LogP contribution in [0.3, 0.4) is 0 Å². The molecule has 1 aromatic heterocycles. The number of hydrogen-bond donors (Lipinski definition) is 1. The number of carbonyl (C=O) groups excluding carboxylic acids is 1. The number of ketones is 1. The van der Waals surface area contributed by atoms with Gasteiger partial charge in [-0.1, -0.05) is 29.8 Å². The van der Waals surface area contributed by atoms with Gasteiger partial charge >= 0.3 is 0 Å². The molecule has 0 fully saturated rings. The number of aryl methyl sites for hydroxylation is 1. The fourth-order valence-electron chi connectivity index (χ4n) is 3.24. The van der Waals surface area contributed by atoms with E-state index in [0.717, 1.165) is 16.9 Å². The molecule has 3 aromatic rings. The summed E-state index contributed by atoms with van der Waals surface area (Å²) in [6, 6.07) is 14.3. The Hall–Kier alpha value is -3.08. The Morgan fingerprint density at radius 1 is 1.04 bits per heavy atom. The van der Waals surface area contributed by atoms with Crippen molar-refractivity contribution in [1.29, 1.82) is 0 Å². The van der Waals surface area contributed by atoms with Crippen molar-refractivity contribution in [2.24, 2.45) is 0 Å². The molecule has 0 saturated heterocycles. The molecule has 130 valence electrons. The molecule has 0 saturated carbocycles. The zero-order valence-electron chi connectivity index (χ0n) is 14.4. The van der Waals surface area contributed by atoms with Gasteiger partial charge in [-0.05, 0) is 49.1 Å². The van der Waals surface area contributed by atoms with E-state index in [1.165, 1.54) is 17.7 Å². The molecule has 2 aromatic carbocycles. The average Bonchev–Trinajstić information content (AvgIpc) is 2.64. The van der Waals surface area contributed by atoms with Crippen molar-refractivity contribution in [1.82, 2.24) is 9.97 Å². The van der Waals surface area contributed by atoms with Gasteiger partial charge in [-0.15, -0.1) is 0 Å². The molecule has 1 atom stereocenters. The molecule has 0 spiro atoms. The van der Waals surface area contributed by atoms with E-state index >= 15 is 0 Å². The standard InChI is InChI=1S/C21H18FN3O/c1-13-2-8-17(9-3-13)24-21-23-12-18-19(25-21)10-15(11-20(18)26)14-4-6-16(22)7-5-14/h2-9,12,15H,10-11H2,1H3,(H,23,24,25)/t15-/m1/s1. The Morgan fingerprint density at radius 3 is 2.50 bits per heavy atom. The van der Waals surface area contributed by atoms with E-state index in [0.29, 0.717) is 24.4 Å². The monoisotopic (exact) mass is 347 g/mol. The molecule has 0 aliphatic heterocycles. The SMILES string of the molecule is Cc1ccc(Nc2ncc3c(n2)C[C@@H](c2ccc(F)cc2)CC3=O)cc1. The van der Waals surface area contributed by atoms with Crippen LogP contribution in [-0.4, -0.2) is 15.8 Å². The maximum atomic E-state index is 13.2. The summed E-state index contributed by atoms with van der Waals surface area (Å²) >= 11 is 0. The van der Waals surface area contributed by atoms with E-state index in [-0.39, 0.29) is 17.5 Å². The highest BCUT2D eigenvalue weighted by atomic mass is 19.1. The van der Waals surface area contributed by atoms with Gasteiger partial charge in [-0.2, -0.15) is 0 Å². The Balaban J connectivity index is 1.60. The number of nitrogens with zero attached hydrogens (tertiary/aromatic N) is 2. The summed E-state index contributed by atoms with van der Waals surface area (Å²) in [6.45, 7) is 2.03. The van der Waals surface area contributed by atoms with Crippen molar-refractivity contribution in [2.45, 2.75) is 25.7 Å². The summed E-state index contributed by atoms with van der Waals surface area (Å²) in [6.07, 6.45) is 2.63. The first-order valence-electron chi connectivity index (χ1n) is 8.57. The van der Waals surface area contributed by atoms with Crippen molar-refractivity contribution in [2.75, 3.05) is 5.32 Å². The molecule has 1 aliphatic carbocycles. The third kappa shape index (κ3) is 3.33. The highest BCUT2D eigenvalue weighted by Gasteiger charge is 2.28. The predicted molar refractivity (Wildman–Crippen MR) is 98.3 cm³/mol. The Kier molecular flexibility index (Phi) is 4.21. The molecule has 4 rings (SSSR count). The molecule has 5 heteroatoms. The minimum atomic E-state index is -0.275. The molecule has 0 bridgehead atoms. The van der Waals surface area contributed by atoms with Crippen molar-refractivity contribution in [3.05, 3.63) is 82.9 Å². The summed E-state index contributed by atoms with van der Waals surface area (Å²) in [5.74, 6) is 0.239. The molecule has 0 radical (unpaired) electrons. The van der Waals surface area contributed by atoms with Crippen LogP contribution in [0.25, 0.3) is 0 Å². The highest BCUT2D eigenvalue weighted by molar-refractivity contribution is 5.98. The molecule has 0 unspecified atom stereocenters. The first-order valence-corrected chi connectivity index (χ1v) is 8.57. The fraction of sp³-hybridized carbons (Fsp3) is 0.190. The molecule has 1 N–H and O–H groups in total. The number of nitrogens with one attached hydrogen (secondary N) is 1. The van der Waals surface area contributed by atoms with Crippen LogP contribution >= 0.6 is 0 Å². The second-order valence-corrected chi connectivity index (χ2v) is 6.62. The largest absolute Gasteiger partial charge is 0.324 e. The van der Waals surface area contributed by atoms with Gasteiger partial charge in [0.1, 0.15) is 5.82 Å². The predicted octanol–water partition coefficient (Wildman–Crippen LogP) is 4.58. The van der Waals surface area contributed by atoms with Gasteiger partial charge in [-0.3, -0.25) is 4.79 Å². The van der Waals surface area contributed by atoms with Crippen LogP contribution in [0.4, 0.5) is 16.0 Å². The number of halogens is 1. The van der Waals surface area contributed by atoms with E-state index in [1.807, 2.05) is 31.2 Å². The first-order chi connectivity index (χ1) is 12.6. The third-order valence-corrected chi connectivity index (χ3v) is 4.69. The number of carbonyl (C=O) groups is 1. The lowest BCUT2D eigenvalue weighted by Crippen LogP contribution is -2.21. The van der Waals surface area contributed by atoms with Gasteiger partial charge in [0.15, 0.2) is 5.78 Å². The number of aromatic nitrogens is 2. The van der Waals surface area contributed by atoms with Crippen LogP contribution < -0.4 is 5.32 Å². The lowest BCUT2D eigenvalue weighted by atomic mass is 9.82. The third-order valence-electron chi connectivity index (χ3n) is 4.69. The minimum absolute atomic E-state index is 0.0118. The maximum absolute atomic E-state index is 13.2. The number of rotatable bonds is 3. The Morgan fingerprint density at radius 2 is 1.77 bits per heavy atom. The maximum Gasteiger partial charge on any atom is 0.227 e. The van der Waals surface area contributed by atoms with E-state index in [9.17, 15) is 9.18 Å². The zero-order valence-corrected chi connectivity index (χ0v) is 14.4. The van der Waals surface area contributed by atoms with Gasteiger partial charge in [0, 0.05) is 18.3 Å². The van der Waals surface area contributed by atoms with Gasteiger partial charge < -0.3 is 5.32 Å². The number of Topliss-reactive ketones (excluding diaryl/α,β-unsaturated/α-hetero) is 1. The van der Waals surface area contributed by atoms with Crippen LogP contribution in [0.2, 0.25) is 0 Å². The highest BCUT2D eigenvalue weighted by Crippen LogP contribution is 2.32. The topological polar surface area (TPSA) is 54.9 Å². The smallest absolute Gasteiger partial charge is 0.227 e. The molecular weight excluding hydrogens is 329 g/mol. The van der Waals surface area contributed by atoms with Crippen molar-refractivity contribution in [3.63, 3.8) is 0 Å². The van der Waals surface area contributed by atoms with Crippen LogP contribution in [0.1, 0.15) is 39.5 Å². The Bertz CT molecular complexity index is 952. The first kappa shape index (κ1) is 16.4. The van der Waals surface area contributed by atoms with E-state index in [1.54, 1.807) is 18.3 Å². The molecule has 4 nitrogen and oxygen atoms in total. The van der Waals surface area contributed by atoms with Gasteiger partial charge in [0.05, 0.1) is 11.3 Å². The summed E-state index contributed by atoms with van der Waals surface area (Å²) in [4.78, 5) is 21.3. The molecule has 1 aliphatic rings. The van der Waals surface area contributed by atoms with Crippen LogP contribution in [0.5, 0.6) is 0 Å². The van der Waals surface area contributed by atoms with Crippen molar-refractivity contribution in [3.8, 4) is 0 Å². The van der Waals surface area contributed by atoms with E-state index in [2.05, 4.69) is 15.3 Å². The molecule has 26 heavy (non-hydrogen) atoms. The fourth-order valence-corrected chi connectivity index (χ4v) is 3.24. The van der Waals surface area contributed by atoms with E-state index in [4.69, 9.17) is 0 Å². The lowest BCUT2D eigenvalue weighted by Gasteiger charge is -2.23. The summed E-state index contributed by atoms with van der Waals surface area (Å²) in [5.41, 5.74) is 4.34. The Labute approximate surface area is 151 Å². The summed E-state index contributed by atoms with van der Waals surface area (Å²) in [5, 5.41) is 3.18. The van der Waals surface area contributed by atoms with Crippen molar-refractivity contribution >= 4 is 17.4 Å². The number of anilines is 2. The second kappa shape index (κ2) is 6.67. The second-order valence-electron chi connectivity index (χ2n) is 6.62. The lowest BCUT2D eigenvalue weighted by molar-refractivity contribution is 0.0962. The van der Waals surface area contributed by atoms with Gasteiger partial charge in [0.25, 0.3) is 0 Å².